The Morgan fingerprint density at radius 1 is 0.427 bits per heavy atom. The molecule has 31 nitrogen and oxygen atoms in total. The van der Waals surface area contributed by atoms with Crippen molar-refractivity contribution in [2.45, 2.75) is 148 Å². The first-order valence-electron chi connectivity index (χ1n) is 48.3. The van der Waals surface area contributed by atoms with Crippen molar-refractivity contribution in [3.8, 4) is 72.1 Å². The predicted molar refractivity (Wildman–Crippen MR) is 559 cm³/mol. The van der Waals surface area contributed by atoms with Gasteiger partial charge in [-0.3, -0.25) is 38.4 Å². The van der Waals surface area contributed by atoms with Crippen LogP contribution in [0.3, 0.4) is 0 Å². The third kappa shape index (κ3) is 26.5. The molecule has 4 saturated carbocycles. The molecule has 20 rings (SSSR count). The number of aliphatic hydroxyl groups excluding tert-OH is 1. The summed E-state index contributed by atoms with van der Waals surface area (Å²) in [5.41, 5.74) is 12.6. The molecule has 4 fully saturated rings. The molecule has 150 heavy (non-hydrogen) atoms. The number of alkyl halides is 2. The number of carbonyl (C=O) groups excluding carboxylic acids is 8. The van der Waals surface area contributed by atoms with Gasteiger partial charge in [0, 0.05) is 141 Å². The number of aliphatic hydroxyl groups is 1. The number of hydrogen-bond acceptors (Lipinski definition) is 22. The topological polar surface area (TPSA) is 419 Å². The van der Waals surface area contributed by atoms with E-state index in [2.05, 4.69) is 57.1 Å². The molecule has 4 aliphatic carbocycles. The third-order valence-corrected chi connectivity index (χ3v) is 28.1. The van der Waals surface area contributed by atoms with E-state index >= 15 is 0 Å². The van der Waals surface area contributed by atoms with E-state index in [0.29, 0.717) is 192 Å². The molecule has 764 valence electrons. The fraction of sp³-hybridized carbons (Fsp3) is 0.243. The highest BCUT2D eigenvalue weighted by Crippen LogP contribution is 2.46. The molecule has 0 bridgehead atoms. The van der Waals surface area contributed by atoms with Gasteiger partial charge in [0.25, 0.3) is 6.43 Å². The van der Waals surface area contributed by atoms with Gasteiger partial charge in [0.15, 0.2) is 53.7 Å². The smallest absolute Gasteiger partial charge is 0.283 e. The number of halogens is 7. The van der Waals surface area contributed by atoms with Crippen molar-refractivity contribution in [2.24, 2.45) is 23.7 Å². The monoisotopic (exact) mass is 2120 g/mol. The fourth-order valence-electron chi connectivity index (χ4n) is 17.6. The number of thiazole rings is 1. The molecule has 4 unspecified atom stereocenters. The van der Waals surface area contributed by atoms with Gasteiger partial charge in [-0.2, -0.15) is 23.6 Å². The van der Waals surface area contributed by atoms with E-state index in [1.54, 1.807) is 194 Å². The highest BCUT2D eigenvalue weighted by atomic mass is 35.5. The molecular formula is C111H97Cl4F3N18O13S. The van der Waals surface area contributed by atoms with Gasteiger partial charge in [-0.05, 0) is 281 Å². The Bertz CT molecular complexity index is 7750. The van der Waals surface area contributed by atoms with E-state index < -0.39 is 41.6 Å². The average molecular weight is 2120 g/mol. The Morgan fingerprint density at radius 3 is 1.14 bits per heavy atom. The molecule has 16 aromatic rings. The van der Waals surface area contributed by atoms with Gasteiger partial charge in [-0.1, -0.05) is 114 Å². The Hall–Kier alpha value is -15.8. The van der Waals surface area contributed by atoms with Crippen LogP contribution < -0.4 is 34.9 Å². The molecule has 0 spiro atoms. The number of hydrogen-bond donors (Lipinski definition) is 4. The zero-order valence-electron chi connectivity index (χ0n) is 81.1. The van der Waals surface area contributed by atoms with E-state index in [4.69, 9.17) is 46.4 Å². The van der Waals surface area contributed by atoms with Gasteiger partial charge in [0.2, 0.25) is 40.5 Å². The number of ketones is 5. The fourth-order valence-corrected chi connectivity index (χ4v) is 19.0. The molecule has 0 radical (unpaired) electrons. The van der Waals surface area contributed by atoms with E-state index in [1.165, 1.54) is 96.3 Å². The number of tetrazole rings is 1. The van der Waals surface area contributed by atoms with Crippen LogP contribution in [-0.2, 0) is 32.2 Å². The summed E-state index contributed by atoms with van der Waals surface area (Å²) in [5, 5.41) is 102. The van der Waals surface area contributed by atoms with Crippen molar-refractivity contribution in [1.82, 2.24) is 55.2 Å². The van der Waals surface area contributed by atoms with Crippen molar-refractivity contribution < 1.29 is 75.6 Å². The minimum absolute atomic E-state index is 0.0132. The number of pyridine rings is 4. The molecule has 39 heteroatoms. The van der Waals surface area contributed by atoms with Gasteiger partial charge < -0.3 is 41.9 Å². The molecule has 0 aliphatic heterocycles. The van der Waals surface area contributed by atoms with Crippen molar-refractivity contribution in [1.29, 1.82) is 0 Å². The number of rotatable bonds is 35. The number of carbonyl (C=O) groups is 8. The highest BCUT2D eigenvalue weighted by Gasteiger charge is 2.41. The van der Waals surface area contributed by atoms with Crippen LogP contribution in [0.2, 0.25) is 20.1 Å². The normalized spacial score (nSPS) is 13.8. The molecule has 3 amide bonds. The lowest BCUT2D eigenvalue weighted by Gasteiger charge is -2.17. The standard InChI is InChI=1S/C28H24ClF2N5O3.C28H26ClN5O4.C28H24ClN3O3S.C27H23ClFN5O3/c1-16(37)18-4-8-21(9-5-18)32-28(38)23(12-17-2-3-17)26-10-6-19(14-36(26)39)22-13-20(29)7-11-25(22)35-15-24(27(30)31)33-34-35;1-17(36)19-4-8-22(9-5-19)30-28(37)25(12-18-2-3-18)27-10-6-20(14-34(27)38)24-13-21(29)7-11-26(24)33-15-23(16-35)31-32-33;1-17(33)19-4-8-22(9-5-19)31-27(34)25(14-18-2-3-18)26-11-6-20(16-32(26)35)24-15-21(29)7-10-23(24)28-30-12-13-36-28;1-16(35)21-7-4-18(11-24(21)29)12-27(36)23(10-17-2-3-17)26-8-5-19(14-34(26)37)22-13-20(28)6-9-25(22)33-15-30-31-32-33/h4-11,13-15,17,23,27H,2-3,12H2,1H3,(H,32,38);4-11,13-15,18,25,35H,2-3,12,16H2,1H3,(H,30,37);4-13,15-16,18,25H,2-3,14H2,1H3,(H,31,34);4-9,11,13-15,17,23H,2-3,10,12H2,1H3. The first kappa shape index (κ1) is 106. The van der Waals surface area contributed by atoms with Crippen LogP contribution in [0.5, 0.6) is 0 Å². The van der Waals surface area contributed by atoms with E-state index in [1.807, 2.05) is 23.6 Å². The van der Waals surface area contributed by atoms with Crippen molar-refractivity contribution in [3.05, 3.63) is 376 Å². The number of amides is 3. The van der Waals surface area contributed by atoms with Crippen molar-refractivity contribution in [3.63, 3.8) is 0 Å². The molecule has 4 aliphatic rings. The van der Waals surface area contributed by atoms with Gasteiger partial charge in [-0.25, -0.2) is 27.5 Å². The number of nitrogens with one attached hydrogen (secondary N) is 3. The van der Waals surface area contributed by atoms with Crippen LogP contribution in [0, 0.1) is 50.3 Å². The summed E-state index contributed by atoms with van der Waals surface area (Å²) in [4.78, 5) is 104. The molecule has 8 heterocycles. The maximum absolute atomic E-state index is 14.3. The summed E-state index contributed by atoms with van der Waals surface area (Å²) >= 11 is 26.5. The van der Waals surface area contributed by atoms with Crippen LogP contribution in [0.4, 0.5) is 30.2 Å². The summed E-state index contributed by atoms with van der Waals surface area (Å²) in [7, 11) is 0. The average Bonchev–Trinajstić information content (AvgIpc) is 1.55. The van der Waals surface area contributed by atoms with Gasteiger partial charge in [0.1, 0.15) is 52.2 Å². The second kappa shape index (κ2) is 47.2. The molecular weight excluding hydrogens is 2020 g/mol. The number of benzene rings is 8. The Kier molecular flexibility index (Phi) is 33.2. The van der Waals surface area contributed by atoms with Gasteiger partial charge >= 0.3 is 0 Å². The van der Waals surface area contributed by atoms with Crippen LogP contribution >= 0.6 is 57.7 Å². The van der Waals surface area contributed by atoms with Crippen LogP contribution in [0.1, 0.15) is 216 Å². The van der Waals surface area contributed by atoms with E-state index in [-0.39, 0.29) is 70.9 Å². The Labute approximate surface area is 882 Å². The third-order valence-electron chi connectivity index (χ3n) is 26.4. The quantitative estimate of drug-likeness (QED) is 0.0163. The number of aromatic nitrogens is 15. The zero-order chi connectivity index (χ0) is 106. The van der Waals surface area contributed by atoms with E-state index in [9.17, 15) is 77.5 Å². The molecule has 8 aromatic carbocycles. The number of anilines is 3. The second-order valence-corrected chi connectivity index (χ2v) is 40.1. The maximum Gasteiger partial charge on any atom is 0.283 e. The van der Waals surface area contributed by atoms with Crippen molar-refractivity contribution >= 4 is 121 Å². The summed E-state index contributed by atoms with van der Waals surface area (Å²) in [6.45, 7) is 5.50. The van der Waals surface area contributed by atoms with Crippen molar-refractivity contribution in [2.75, 3.05) is 16.0 Å². The molecule has 4 N–H and O–H groups in total. The largest absolute Gasteiger partial charge is 0.618 e. The second-order valence-electron chi connectivity index (χ2n) is 37.4. The molecule has 0 saturated heterocycles. The summed E-state index contributed by atoms with van der Waals surface area (Å²) in [6.07, 6.45) is 19.3. The lowest BCUT2D eigenvalue weighted by atomic mass is 9.89. The summed E-state index contributed by atoms with van der Waals surface area (Å²) in [6, 6.07) is 58.8. The SMILES string of the molecule is CC(=O)c1ccc(CC(=O)C(CC2CC2)c2ccc(-c3cc(Cl)ccc3-n3cnnn3)c[n+]2[O-])cc1F.CC(=O)c1ccc(NC(=O)C(CC2CC2)c2ccc(-c3cc(Cl)ccc3-c3nccs3)c[n+]2[O-])cc1.CC(=O)c1ccc(NC(=O)C(CC2CC2)c2ccc(-c3cc(Cl)ccc3-n3cc(C(F)F)nn3)c[n+]2[O-])cc1.CC(=O)c1ccc(NC(=O)C(CC2CC2)c2ccc(-c3cc(Cl)ccc3-n3cc(CO)nn3)c[n+]2[O-])cc1. The van der Waals surface area contributed by atoms with E-state index in [0.717, 1.165) is 87.9 Å². The Morgan fingerprint density at radius 2 is 0.800 bits per heavy atom. The Balaban J connectivity index is 0.000000136. The number of Topliss-reactive ketones (excluding diaryl/α,β-unsaturated/α-hetero) is 5. The maximum atomic E-state index is 14.3. The summed E-state index contributed by atoms with van der Waals surface area (Å²) in [5.74, 6) is -3.17. The lowest BCUT2D eigenvalue weighted by Crippen LogP contribution is -2.37. The van der Waals surface area contributed by atoms with Crippen LogP contribution in [-0.4, -0.2) is 107 Å². The van der Waals surface area contributed by atoms with Gasteiger partial charge in [-0.15, -0.1) is 26.6 Å². The first-order valence-corrected chi connectivity index (χ1v) is 50.7. The van der Waals surface area contributed by atoms with Crippen LogP contribution in [0.15, 0.2) is 267 Å². The zero-order valence-corrected chi connectivity index (χ0v) is 84.9. The lowest BCUT2D eigenvalue weighted by molar-refractivity contribution is -0.614. The highest BCUT2D eigenvalue weighted by molar-refractivity contribution is 7.13. The summed E-state index contributed by atoms with van der Waals surface area (Å²) < 4.78 is 47.6. The first-order chi connectivity index (χ1) is 72.2. The minimum atomic E-state index is -2.78. The van der Waals surface area contributed by atoms with Crippen LogP contribution in [0.25, 0.3) is 72.1 Å². The minimum Gasteiger partial charge on any atom is -0.618 e. The molecule has 4 atom stereocenters. The number of nitrogens with zero attached hydrogens (tertiary/aromatic N) is 15. The van der Waals surface area contributed by atoms with Gasteiger partial charge in [0.05, 0.1) is 41.6 Å². The molecule has 8 aromatic heterocycles. The predicted octanol–water partition coefficient (Wildman–Crippen LogP) is 21.5.